The predicted molar refractivity (Wildman–Crippen MR) is 70.0 cm³/mol. The fraction of sp³-hybridized carbons (Fsp3) is 0.636. The Morgan fingerprint density at radius 1 is 1.39 bits per heavy atom. The number of nitrogen functional groups attached to an aromatic ring is 1. The van der Waals surface area contributed by atoms with Crippen LogP contribution >= 0.6 is 11.8 Å². The highest BCUT2D eigenvalue weighted by molar-refractivity contribution is 7.99. The average Bonchev–Trinajstić information content (AvgIpc) is 2.38. The highest BCUT2D eigenvalue weighted by Gasteiger charge is 2.15. The molecule has 0 atom stereocenters. The van der Waals surface area contributed by atoms with Gasteiger partial charge in [-0.25, -0.2) is 9.97 Å². The van der Waals surface area contributed by atoms with Crippen LogP contribution in [0, 0.1) is 0 Å². The Balaban J connectivity index is 1.74. The zero-order valence-corrected chi connectivity index (χ0v) is 10.9. The molecule has 7 heteroatoms. The fourth-order valence-electron chi connectivity index (χ4n) is 2.01. The topological polar surface area (TPSA) is 93.8 Å². The van der Waals surface area contributed by atoms with Crippen LogP contribution in [0.3, 0.4) is 0 Å². The largest absolute Gasteiger partial charge is 0.368 e. The SMILES string of the molecule is Nc1ncnc(SCC(=O)NC2CCCCC2)n1. The van der Waals surface area contributed by atoms with Gasteiger partial charge in [0, 0.05) is 6.04 Å². The number of aromatic nitrogens is 3. The predicted octanol–water partition coefficient (Wildman–Crippen LogP) is 0.995. The highest BCUT2D eigenvalue weighted by Crippen LogP contribution is 2.18. The quantitative estimate of drug-likeness (QED) is 0.790. The third kappa shape index (κ3) is 4.14. The summed E-state index contributed by atoms with van der Waals surface area (Å²) < 4.78 is 0. The average molecular weight is 267 g/mol. The van der Waals surface area contributed by atoms with Gasteiger partial charge >= 0.3 is 0 Å². The molecule has 1 saturated carbocycles. The van der Waals surface area contributed by atoms with E-state index in [0.717, 1.165) is 12.8 Å². The van der Waals surface area contributed by atoms with Crippen LogP contribution in [0.5, 0.6) is 0 Å². The molecule has 1 fully saturated rings. The van der Waals surface area contributed by atoms with E-state index in [9.17, 15) is 4.79 Å². The number of carbonyl (C=O) groups is 1. The Labute approximate surface area is 110 Å². The molecule has 98 valence electrons. The van der Waals surface area contributed by atoms with E-state index in [1.807, 2.05) is 0 Å². The molecular weight excluding hydrogens is 250 g/mol. The van der Waals surface area contributed by atoms with Crippen molar-refractivity contribution in [3.8, 4) is 0 Å². The lowest BCUT2D eigenvalue weighted by Gasteiger charge is -2.22. The summed E-state index contributed by atoms with van der Waals surface area (Å²) in [7, 11) is 0. The van der Waals surface area contributed by atoms with Gasteiger partial charge in [0.15, 0.2) is 5.16 Å². The molecule has 0 aromatic carbocycles. The van der Waals surface area contributed by atoms with Crippen molar-refractivity contribution < 1.29 is 4.79 Å². The first kappa shape index (κ1) is 13.1. The normalized spacial score (nSPS) is 16.4. The summed E-state index contributed by atoms with van der Waals surface area (Å²) in [6.07, 6.45) is 7.24. The number of hydrogen-bond donors (Lipinski definition) is 2. The summed E-state index contributed by atoms with van der Waals surface area (Å²) in [6.45, 7) is 0. The number of nitrogens with two attached hydrogens (primary N) is 1. The van der Waals surface area contributed by atoms with Crippen molar-refractivity contribution >= 4 is 23.6 Å². The second-order valence-electron chi connectivity index (χ2n) is 4.32. The molecular formula is C11H17N5OS. The van der Waals surface area contributed by atoms with Gasteiger partial charge in [0.25, 0.3) is 0 Å². The van der Waals surface area contributed by atoms with Crippen molar-refractivity contribution in [2.45, 2.75) is 43.3 Å². The smallest absolute Gasteiger partial charge is 0.230 e. The lowest BCUT2D eigenvalue weighted by molar-refractivity contribution is -0.119. The van der Waals surface area contributed by atoms with Gasteiger partial charge in [-0.3, -0.25) is 4.79 Å². The third-order valence-corrected chi connectivity index (χ3v) is 3.73. The van der Waals surface area contributed by atoms with Gasteiger partial charge in [-0.05, 0) is 12.8 Å². The molecule has 0 unspecified atom stereocenters. The molecule has 0 bridgehead atoms. The second-order valence-corrected chi connectivity index (χ2v) is 5.26. The zero-order valence-electron chi connectivity index (χ0n) is 10.1. The van der Waals surface area contributed by atoms with Crippen LogP contribution in [0.15, 0.2) is 11.5 Å². The Morgan fingerprint density at radius 2 is 2.17 bits per heavy atom. The molecule has 0 saturated heterocycles. The van der Waals surface area contributed by atoms with E-state index in [0.29, 0.717) is 17.0 Å². The molecule has 0 aliphatic heterocycles. The van der Waals surface area contributed by atoms with Crippen LogP contribution in [0.25, 0.3) is 0 Å². The number of thioether (sulfide) groups is 1. The lowest BCUT2D eigenvalue weighted by atomic mass is 9.95. The molecule has 1 aliphatic carbocycles. The van der Waals surface area contributed by atoms with Crippen LogP contribution in [0.4, 0.5) is 5.95 Å². The lowest BCUT2D eigenvalue weighted by Crippen LogP contribution is -2.37. The summed E-state index contributed by atoms with van der Waals surface area (Å²) in [5.74, 6) is 0.533. The van der Waals surface area contributed by atoms with Gasteiger partial charge < -0.3 is 11.1 Å². The number of anilines is 1. The minimum atomic E-state index is 0.0332. The van der Waals surface area contributed by atoms with Gasteiger partial charge in [0.05, 0.1) is 5.75 Å². The Bertz CT molecular complexity index is 408. The number of carbonyl (C=O) groups excluding carboxylic acids is 1. The summed E-state index contributed by atoms with van der Waals surface area (Å²) in [5, 5.41) is 3.53. The Hall–Kier alpha value is -1.37. The number of rotatable bonds is 4. The molecule has 1 aromatic rings. The van der Waals surface area contributed by atoms with Crippen LogP contribution in [0.2, 0.25) is 0 Å². The minimum absolute atomic E-state index is 0.0332. The van der Waals surface area contributed by atoms with Crippen molar-refractivity contribution in [1.29, 1.82) is 0 Å². The van der Waals surface area contributed by atoms with Crippen LogP contribution in [-0.4, -0.2) is 32.7 Å². The molecule has 2 rings (SSSR count). The van der Waals surface area contributed by atoms with Gasteiger partial charge in [-0.15, -0.1) is 0 Å². The van der Waals surface area contributed by atoms with E-state index in [4.69, 9.17) is 5.73 Å². The summed E-state index contributed by atoms with van der Waals surface area (Å²) in [4.78, 5) is 23.3. The maximum absolute atomic E-state index is 11.7. The molecule has 6 nitrogen and oxygen atoms in total. The zero-order chi connectivity index (χ0) is 12.8. The Morgan fingerprint density at radius 3 is 2.89 bits per heavy atom. The second kappa shape index (κ2) is 6.53. The molecule has 1 heterocycles. The van der Waals surface area contributed by atoms with Crippen molar-refractivity contribution in [2.24, 2.45) is 0 Å². The van der Waals surface area contributed by atoms with Gasteiger partial charge in [-0.1, -0.05) is 31.0 Å². The number of hydrogen-bond acceptors (Lipinski definition) is 6. The molecule has 18 heavy (non-hydrogen) atoms. The number of nitrogens with one attached hydrogen (secondary N) is 1. The van der Waals surface area contributed by atoms with Crippen LogP contribution < -0.4 is 11.1 Å². The van der Waals surface area contributed by atoms with E-state index >= 15 is 0 Å². The molecule has 1 aliphatic rings. The van der Waals surface area contributed by atoms with E-state index in [1.54, 1.807) is 0 Å². The molecule has 0 radical (unpaired) electrons. The first-order valence-electron chi connectivity index (χ1n) is 6.11. The van der Waals surface area contributed by atoms with Crippen molar-refractivity contribution in [3.05, 3.63) is 6.33 Å². The standard InChI is InChI=1S/C11H17N5OS/c12-10-13-7-14-11(16-10)18-6-9(17)15-8-4-2-1-3-5-8/h7-8H,1-6H2,(H,15,17)(H2,12,13,14,16). The maximum Gasteiger partial charge on any atom is 0.230 e. The summed E-state index contributed by atoms with van der Waals surface area (Å²) >= 11 is 1.28. The number of amides is 1. The van der Waals surface area contributed by atoms with E-state index in [1.165, 1.54) is 37.4 Å². The van der Waals surface area contributed by atoms with Crippen LogP contribution in [-0.2, 0) is 4.79 Å². The van der Waals surface area contributed by atoms with Crippen molar-refractivity contribution in [3.63, 3.8) is 0 Å². The van der Waals surface area contributed by atoms with Gasteiger partial charge in [0.1, 0.15) is 6.33 Å². The molecule has 1 aromatic heterocycles. The van der Waals surface area contributed by atoms with E-state index in [-0.39, 0.29) is 11.9 Å². The summed E-state index contributed by atoms with van der Waals surface area (Å²) in [6, 6.07) is 0.343. The fourth-order valence-corrected chi connectivity index (χ4v) is 2.63. The first-order chi connectivity index (χ1) is 8.74. The maximum atomic E-state index is 11.7. The van der Waals surface area contributed by atoms with Crippen LogP contribution in [0.1, 0.15) is 32.1 Å². The van der Waals surface area contributed by atoms with Gasteiger partial charge in [-0.2, -0.15) is 4.98 Å². The molecule has 1 amide bonds. The van der Waals surface area contributed by atoms with Gasteiger partial charge in [0.2, 0.25) is 11.9 Å². The Kier molecular flexibility index (Phi) is 4.74. The molecule has 0 spiro atoms. The molecule has 3 N–H and O–H groups in total. The monoisotopic (exact) mass is 267 g/mol. The summed E-state index contributed by atoms with van der Waals surface area (Å²) in [5.41, 5.74) is 5.44. The first-order valence-corrected chi connectivity index (χ1v) is 7.09. The third-order valence-electron chi connectivity index (χ3n) is 2.87. The van der Waals surface area contributed by atoms with Crippen molar-refractivity contribution in [2.75, 3.05) is 11.5 Å². The van der Waals surface area contributed by atoms with Crippen molar-refractivity contribution in [1.82, 2.24) is 20.3 Å². The minimum Gasteiger partial charge on any atom is -0.368 e. The number of nitrogens with zero attached hydrogens (tertiary/aromatic N) is 3. The van der Waals surface area contributed by atoms with E-state index < -0.39 is 0 Å². The highest BCUT2D eigenvalue weighted by atomic mass is 32.2. The van der Waals surface area contributed by atoms with E-state index in [2.05, 4.69) is 20.3 Å².